The average Bonchev–Trinajstić information content (AvgIpc) is 2.19. The molecule has 0 radical (unpaired) electrons. The highest BCUT2D eigenvalue weighted by Crippen LogP contribution is 2.25. The normalized spacial score (nSPS) is 12.9. The number of benzene rings is 1. The van der Waals surface area contributed by atoms with Crippen LogP contribution < -0.4 is 5.32 Å². The molecule has 1 aromatic rings. The number of rotatable bonds is 3. The number of carbonyl (C=O) groups is 1. The quantitative estimate of drug-likeness (QED) is 0.736. The van der Waals surface area contributed by atoms with Crippen molar-refractivity contribution in [2.24, 2.45) is 0 Å². The second-order valence-electron chi connectivity index (χ2n) is 5.53. The molecule has 106 valence electrons. The number of amides is 1. The summed E-state index contributed by atoms with van der Waals surface area (Å²) >= 11 is 0. The topological polar surface area (TPSA) is 78.8 Å². The molecule has 3 N–H and O–H groups in total. The van der Waals surface area contributed by atoms with Crippen LogP contribution in [0.2, 0.25) is 0 Å². The van der Waals surface area contributed by atoms with Gasteiger partial charge in [0.05, 0.1) is 11.8 Å². The van der Waals surface area contributed by atoms with Gasteiger partial charge in [-0.1, -0.05) is 6.07 Å². The number of nitrogens with one attached hydrogen (secondary N) is 1. The van der Waals surface area contributed by atoms with E-state index in [2.05, 4.69) is 5.32 Å². The van der Waals surface area contributed by atoms with E-state index in [-0.39, 0.29) is 11.4 Å². The van der Waals surface area contributed by atoms with Crippen molar-refractivity contribution in [1.29, 1.82) is 0 Å². The lowest BCUT2D eigenvalue weighted by molar-refractivity contribution is 0.0635. The first-order chi connectivity index (χ1) is 8.67. The van der Waals surface area contributed by atoms with E-state index < -0.39 is 17.8 Å². The molecule has 0 unspecified atom stereocenters. The third-order valence-electron chi connectivity index (χ3n) is 2.23. The first-order valence-electron chi connectivity index (χ1n) is 6.17. The van der Waals surface area contributed by atoms with Gasteiger partial charge in [0.2, 0.25) is 0 Å². The molecular weight excluding hydrogens is 246 g/mol. The number of aliphatic hydroxyl groups is 1. The summed E-state index contributed by atoms with van der Waals surface area (Å²) in [5.74, 6) is -0.0415. The summed E-state index contributed by atoms with van der Waals surface area (Å²) in [5.41, 5.74) is 0.489. The van der Waals surface area contributed by atoms with Gasteiger partial charge < -0.3 is 14.9 Å². The Labute approximate surface area is 113 Å². The first kappa shape index (κ1) is 15.3. The number of anilines is 1. The van der Waals surface area contributed by atoms with Gasteiger partial charge in [0.1, 0.15) is 11.4 Å². The molecule has 1 aromatic carbocycles. The Morgan fingerprint density at radius 1 is 1.42 bits per heavy atom. The number of aromatic hydroxyl groups is 1. The number of ether oxygens (including phenoxy) is 1. The second kappa shape index (κ2) is 5.93. The maximum absolute atomic E-state index is 11.6. The van der Waals surface area contributed by atoms with E-state index in [1.54, 1.807) is 39.8 Å². The molecule has 0 aliphatic heterocycles. The predicted molar refractivity (Wildman–Crippen MR) is 73.3 cm³/mol. The molecule has 0 saturated carbocycles. The lowest BCUT2D eigenvalue weighted by Crippen LogP contribution is -2.27. The van der Waals surface area contributed by atoms with Crippen LogP contribution in [0.5, 0.6) is 5.75 Å². The minimum absolute atomic E-state index is 0.0415. The van der Waals surface area contributed by atoms with Gasteiger partial charge in [-0.3, -0.25) is 5.32 Å². The van der Waals surface area contributed by atoms with Crippen molar-refractivity contribution < 1.29 is 19.7 Å². The van der Waals surface area contributed by atoms with Gasteiger partial charge in [-0.05, 0) is 51.8 Å². The summed E-state index contributed by atoms with van der Waals surface area (Å²) < 4.78 is 5.11. The van der Waals surface area contributed by atoms with E-state index in [0.717, 1.165) is 5.56 Å². The zero-order valence-corrected chi connectivity index (χ0v) is 11.7. The number of hydrogen-bond acceptors (Lipinski definition) is 4. The zero-order valence-electron chi connectivity index (χ0n) is 11.7. The molecule has 1 atom stereocenters. The highest BCUT2D eigenvalue weighted by molar-refractivity contribution is 5.87. The van der Waals surface area contributed by atoms with Crippen molar-refractivity contribution in [2.75, 3.05) is 5.32 Å². The number of hydrogen-bond donors (Lipinski definition) is 3. The maximum atomic E-state index is 11.6. The molecule has 19 heavy (non-hydrogen) atoms. The SMILES string of the molecule is C[C@@H](O)Cc1ccc(O)c(NC(=O)OC(C)(C)C)c1. The Bertz CT molecular complexity index is 449. The highest BCUT2D eigenvalue weighted by Gasteiger charge is 2.17. The molecule has 0 aromatic heterocycles. The van der Waals surface area contributed by atoms with Crippen molar-refractivity contribution in [3.8, 4) is 5.75 Å². The Balaban J connectivity index is 2.79. The van der Waals surface area contributed by atoms with E-state index in [4.69, 9.17) is 4.74 Å². The molecule has 0 heterocycles. The first-order valence-corrected chi connectivity index (χ1v) is 6.17. The van der Waals surface area contributed by atoms with Gasteiger partial charge >= 0.3 is 6.09 Å². The lowest BCUT2D eigenvalue weighted by atomic mass is 10.1. The summed E-state index contributed by atoms with van der Waals surface area (Å²) in [6.07, 6.45) is -0.667. The predicted octanol–water partition coefficient (Wildman–Crippen LogP) is 2.66. The number of phenols is 1. The van der Waals surface area contributed by atoms with Gasteiger partial charge in [-0.2, -0.15) is 0 Å². The van der Waals surface area contributed by atoms with Crippen molar-refractivity contribution in [1.82, 2.24) is 0 Å². The van der Waals surface area contributed by atoms with Crippen LogP contribution >= 0.6 is 0 Å². The van der Waals surface area contributed by atoms with E-state index >= 15 is 0 Å². The summed E-state index contributed by atoms with van der Waals surface area (Å²) in [7, 11) is 0. The van der Waals surface area contributed by atoms with Gasteiger partial charge in [0.25, 0.3) is 0 Å². The molecule has 0 saturated heterocycles. The standard InChI is InChI=1S/C14H21NO4/c1-9(16)7-10-5-6-12(17)11(8-10)15-13(18)19-14(2,3)4/h5-6,8-9,16-17H,7H2,1-4H3,(H,15,18)/t9-/m1/s1. The van der Waals surface area contributed by atoms with Crippen LogP contribution in [0.3, 0.4) is 0 Å². The Kier molecular flexibility index (Phi) is 4.78. The van der Waals surface area contributed by atoms with Crippen molar-refractivity contribution >= 4 is 11.8 Å². The molecule has 0 aliphatic carbocycles. The van der Waals surface area contributed by atoms with E-state index in [1.165, 1.54) is 6.07 Å². The van der Waals surface area contributed by atoms with E-state index in [9.17, 15) is 15.0 Å². The largest absolute Gasteiger partial charge is 0.506 e. The van der Waals surface area contributed by atoms with Crippen LogP contribution in [0.15, 0.2) is 18.2 Å². The fourth-order valence-corrected chi connectivity index (χ4v) is 1.56. The number of phenolic OH excluding ortho intramolecular Hbond substituents is 1. The number of carbonyl (C=O) groups excluding carboxylic acids is 1. The summed E-state index contributed by atoms with van der Waals surface area (Å²) in [5, 5.41) is 21.5. The summed E-state index contributed by atoms with van der Waals surface area (Å²) in [4.78, 5) is 11.6. The summed E-state index contributed by atoms with van der Waals surface area (Å²) in [6.45, 7) is 6.96. The molecule has 0 fully saturated rings. The highest BCUT2D eigenvalue weighted by atomic mass is 16.6. The maximum Gasteiger partial charge on any atom is 0.412 e. The smallest absolute Gasteiger partial charge is 0.412 e. The molecule has 5 nitrogen and oxygen atoms in total. The summed E-state index contributed by atoms with van der Waals surface area (Å²) in [6, 6.07) is 4.79. The van der Waals surface area contributed by atoms with Crippen LogP contribution in [0.4, 0.5) is 10.5 Å². The van der Waals surface area contributed by atoms with Gasteiger partial charge in [0.15, 0.2) is 0 Å². The van der Waals surface area contributed by atoms with Crippen molar-refractivity contribution in [3.63, 3.8) is 0 Å². The lowest BCUT2D eigenvalue weighted by Gasteiger charge is -2.20. The molecule has 0 aliphatic rings. The Hall–Kier alpha value is -1.75. The molecule has 1 rings (SSSR count). The fourth-order valence-electron chi connectivity index (χ4n) is 1.56. The van der Waals surface area contributed by atoms with E-state index in [1.807, 2.05) is 0 Å². The minimum Gasteiger partial charge on any atom is -0.506 e. The fraction of sp³-hybridized carbons (Fsp3) is 0.500. The van der Waals surface area contributed by atoms with Crippen molar-refractivity contribution in [3.05, 3.63) is 23.8 Å². The van der Waals surface area contributed by atoms with Gasteiger partial charge in [-0.25, -0.2) is 4.79 Å². The third-order valence-corrected chi connectivity index (χ3v) is 2.23. The third kappa shape index (κ3) is 5.61. The second-order valence-corrected chi connectivity index (χ2v) is 5.53. The Morgan fingerprint density at radius 3 is 2.58 bits per heavy atom. The Morgan fingerprint density at radius 2 is 2.05 bits per heavy atom. The van der Waals surface area contributed by atoms with Gasteiger partial charge in [-0.15, -0.1) is 0 Å². The zero-order chi connectivity index (χ0) is 14.6. The number of aliphatic hydroxyl groups excluding tert-OH is 1. The molecular formula is C14H21NO4. The van der Waals surface area contributed by atoms with E-state index in [0.29, 0.717) is 6.42 Å². The minimum atomic E-state index is -0.628. The van der Waals surface area contributed by atoms with Crippen LogP contribution in [0, 0.1) is 0 Å². The molecule has 1 amide bonds. The van der Waals surface area contributed by atoms with Crippen LogP contribution in [0.1, 0.15) is 33.3 Å². The van der Waals surface area contributed by atoms with Crippen LogP contribution in [-0.2, 0) is 11.2 Å². The monoisotopic (exact) mass is 267 g/mol. The average molecular weight is 267 g/mol. The van der Waals surface area contributed by atoms with Crippen LogP contribution in [0.25, 0.3) is 0 Å². The molecule has 5 heteroatoms. The van der Waals surface area contributed by atoms with Crippen molar-refractivity contribution in [2.45, 2.75) is 45.8 Å². The van der Waals surface area contributed by atoms with Gasteiger partial charge in [0, 0.05) is 0 Å². The van der Waals surface area contributed by atoms with Crippen LogP contribution in [-0.4, -0.2) is 28.0 Å². The molecule has 0 spiro atoms. The molecule has 0 bridgehead atoms.